The number of nitrogens with zero attached hydrogens (tertiary/aromatic N) is 1. The molecular weight excluding hydrogens is 312 g/mol. The van der Waals surface area contributed by atoms with Gasteiger partial charge in [-0.15, -0.1) is 11.3 Å². The van der Waals surface area contributed by atoms with E-state index in [1.165, 1.54) is 12.3 Å². The Morgan fingerprint density at radius 2 is 2.09 bits per heavy atom. The summed E-state index contributed by atoms with van der Waals surface area (Å²) >= 11 is 1.55. The minimum absolute atomic E-state index is 0.263. The van der Waals surface area contributed by atoms with Crippen LogP contribution in [-0.4, -0.2) is 21.8 Å². The first-order chi connectivity index (χ1) is 11.0. The minimum Gasteiger partial charge on any atom is -0.366 e. The van der Waals surface area contributed by atoms with Crippen LogP contribution in [0.25, 0.3) is 11.3 Å². The zero-order chi connectivity index (χ0) is 16.4. The molecule has 0 aliphatic heterocycles. The number of thiazole rings is 1. The average Bonchev–Trinajstić information content (AvgIpc) is 3.17. The van der Waals surface area contributed by atoms with Crippen LogP contribution in [0.2, 0.25) is 0 Å². The molecule has 3 rings (SSSR count). The molecule has 7 heteroatoms. The minimum atomic E-state index is -0.585. The third-order valence-corrected chi connectivity index (χ3v) is 4.06. The van der Waals surface area contributed by atoms with Crippen molar-refractivity contribution in [3.8, 4) is 11.3 Å². The standard InChI is InChI=1S/C16H14N4O2S/c1-9-19-14(8-23-9)11-4-2-3-5-12(11)20-16(22)13-6-10(7-18-13)15(17)21/h2-8,18H,1H3,(H2,17,21)(H,20,22). The molecule has 0 aliphatic rings. The molecule has 3 aromatic rings. The van der Waals surface area contributed by atoms with Crippen LogP contribution in [0, 0.1) is 6.92 Å². The van der Waals surface area contributed by atoms with Crippen LogP contribution in [0.3, 0.4) is 0 Å². The maximum absolute atomic E-state index is 12.3. The number of hydrogen-bond acceptors (Lipinski definition) is 4. The highest BCUT2D eigenvalue weighted by Gasteiger charge is 2.14. The van der Waals surface area contributed by atoms with Gasteiger partial charge in [0.1, 0.15) is 5.69 Å². The van der Waals surface area contributed by atoms with Crippen molar-refractivity contribution >= 4 is 28.8 Å². The molecule has 2 amide bonds. The first-order valence-electron chi connectivity index (χ1n) is 6.85. The van der Waals surface area contributed by atoms with E-state index in [0.29, 0.717) is 5.69 Å². The fourth-order valence-electron chi connectivity index (χ4n) is 2.16. The van der Waals surface area contributed by atoms with Gasteiger partial charge in [-0.25, -0.2) is 4.98 Å². The van der Waals surface area contributed by atoms with E-state index in [1.54, 1.807) is 17.4 Å². The molecule has 23 heavy (non-hydrogen) atoms. The van der Waals surface area contributed by atoms with Crippen molar-refractivity contribution in [3.63, 3.8) is 0 Å². The molecule has 0 saturated carbocycles. The van der Waals surface area contributed by atoms with Crippen LogP contribution in [0.4, 0.5) is 5.69 Å². The lowest BCUT2D eigenvalue weighted by atomic mass is 10.1. The lowest BCUT2D eigenvalue weighted by Crippen LogP contribution is -2.13. The van der Waals surface area contributed by atoms with E-state index in [1.807, 2.05) is 30.5 Å². The van der Waals surface area contributed by atoms with Crippen LogP contribution >= 0.6 is 11.3 Å². The number of aromatic amines is 1. The summed E-state index contributed by atoms with van der Waals surface area (Å²) in [6, 6.07) is 8.85. The zero-order valence-corrected chi connectivity index (χ0v) is 13.1. The number of aryl methyl sites for hydroxylation is 1. The van der Waals surface area contributed by atoms with Crippen LogP contribution in [0.1, 0.15) is 25.9 Å². The molecule has 0 fully saturated rings. The van der Waals surface area contributed by atoms with Gasteiger partial charge in [-0.3, -0.25) is 9.59 Å². The number of rotatable bonds is 4. The number of amides is 2. The monoisotopic (exact) mass is 326 g/mol. The number of carbonyl (C=O) groups excluding carboxylic acids is 2. The molecule has 6 nitrogen and oxygen atoms in total. The number of hydrogen-bond donors (Lipinski definition) is 3. The van der Waals surface area contributed by atoms with Gasteiger partial charge in [0.2, 0.25) is 5.91 Å². The van der Waals surface area contributed by atoms with Gasteiger partial charge in [-0.2, -0.15) is 0 Å². The van der Waals surface area contributed by atoms with Crippen LogP contribution in [0.15, 0.2) is 41.9 Å². The molecule has 116 valence electrons. The molecule has 0 aliphatic carbocycles. The van der Waals surface area contributed by atoms with Crippen LogP contribution in [-0.2, 0) is 0 Å². The van der Waals surface area contributed by atoms with E-state index >= 15 is 0 Å². The van der Waals surface area contributed by atoms with Crippen molar-refractivity contribution in [1.29, 1.82) is 0 Å². The van der Waals surface area contributed by atoms with Gasteiger partial charge in [-0.1, -0.05) is 18.2 Å². The van der Waals surface area contributed by atoms with Gasteiger partial charge in [0.05, 0.1) is 22.0 Å². The Morgan fingerprint density at radius 3 is 2.74 bits per heavy atom. The number of benzene rings is 1. The third kappa shape index (κ3) is 3.14. The topological polar surface area (TPSA) is 101 Å². The van der Waals surface area contributed by atoms with Crippen LogP contribution < -0.4 is 11.1 Å². The number of nitrogens with two attached hydrogens (primary N) is 1. The fourth-order valence-corrected chi connectivity index (χ4v) is 2.77. The first-order valence-corrected chi connectivity index (χ1v) is 7.73. The summed E-state index contributed by atoms with van der Waals surface area (Å²) in [5.74, 6) is -0.935. The normalized spacial score (nSPS) is 10.5. The predicted molar refractivity (Wildman–Crippen MR) is 89.6 cm³/mol. The van der Waals surface area contributed by atoms with Gasteiger partial charge in [0.25, 0.3) is 5.91 Å². The summed E-state index contributed by atoms with van der Waals surface area (Å²) in [4.78, 5) is 30.6. The van der Waals surface area contributed by atoms with Gasteiger partial charge in [0, 0.05) is 17.1 Å². The van der Waals surface area contributed by atoms with Crippen LogP contribution in [0.5, 0.6) is 0 Å². The van der Waals surface area contributed by atoms with E-state index in [-0.39, 0.29) is 17.2 Å². The molecule has 0 saturated heterocycles. The molecule has 0 atom stereocenters. The summed E-state index contributed by atoms with van der Waals surface area (Å²) in [6.45, 7) is 1.93. The van der Waals surface area contributed by atoms with Crippen molar-refractivity contribution in [2.45, 2.75) is 6.92 Å². The van der Waals surface area contributed by atoms with Crippen molar-refractivity contribution < 1.29 is 9.59 Å². The Bertz CT molecular complexity index is 882. The molecule has 2 heterocycles. The first kappa shape index (κ1) is 15.0. The Balaban J connectivity index is 1.88. The summed E-state index contributed by atoms with van der Waals surface area (Å²) in [7, 11) is 0. The maximum atomic E-state index is 12.3. The number of anilines is 1. The molecule has 2 aromatic heterocycles. The Kier molecular flexibility index (Phi) is 3.94. The van der Waals surface area contributed by atoms with E-state index in [4.69, 9.17) is 5.73 Å². The highest BCUT2D eigenvalue weighted by molar-refractivity contribution is 7.09. The number of H-pyrrole nitrogens is 1. The van der Waals surface area contributed by atoms with E-state index < -0.39 is 5.91 Å². The summed E-state index contributed by atoms with van der Waals surface area (Å²) in [5, 5.41) is 5.73. The van der Waals surface area contributed by atoms with E-state index in [2.05, 4.69) is 15.3 Å². The molecular formula is C16H14N4O2S. The second kappa shape index (κ2) is 6.05. The molecule has 0 radical (unpaired) electrons. The number of primary amides is 1. The number of carbonyl (C=O) groups is 2. The number of nitrogens with one attached hydrogen (secondary N) is 2. The van der Waals surface area contributed by atoms with Crippen molar-refractivity contribution in [2.24, 2.45) is 5.73 Å². The van der Waals surface area contributed by atoms with Crippen molar-refractivity contribution in [3.05, 3.63) is 58.2 Å². The predicted octanol–water partition coefficient (Wildman–Crippen LogP) is 2.80. The van der Waals surface area contributed by atoms with Gasteiger partial charge in [-0.05, 0) is 19.1 Å². The molecule has 1 aromatic carbocycles. The molecule has 0 spiro atoms. The Hall–Kier alpha value is -2.93. The largest absolute Gasteiger partial charge is 0.366 e. The lowest BCUT2D eigenvalue weighted by molar-refractivity contribution is 0.0999. The number of aromatic nitrogens is 2. The van der Waals surface area contributed by atoms with Gasteiger partial charge < -0.3 is 16.0 Å². The summed E-state index contributed by atoms with van der Waals surface area (Å²) in [6.07, 6.45) is 1.41. The quantitative estimate of drug-likeness (QED) is 0.687. The third-order valence-electron chi connectivity index (χ3n) is 3.28. The van der Waals surface area contributed by atoms with Crippen molar-refractivity contribution in [1.82, 2.24) is 9.97 Å². The lowest BCUT2D eigenvalue weighted by Gasteiger charge is -2.08. The van der Waals surface area contributed by atoms with Gasteiger partial charge >= 0.3 is 0 Å². The van der Waals surface area contributed by atoms with Crippen molar-refractivity contribution in [2.75, 3.05) is 5.32 Å². The highest BCUT2D eigenvalue weighted by atomic mass is 32.1. The van der Waals surface area contributed by atoms with E-state index in [0.717, 1.165) is 16.3 Å². The molecule has 0 bridgehead atoms. The Morgan fingerprint density at radius 1 is 1.30 bits per heavy atom. The summed E-state index contributed by atoms with van der Waals surface area (Å²) < 4.78 is 0. The SMILES string of the molecule is Cc1nc(-c2ccccc2NC(=O)c2cc(C(N)=O)c[nH]2)cs1. The Labute approximate surface area is 136 Å². The smallest absolute Gasteiger partial charge is 0.272 e. The second-order valence-electron chi connectivity index (χ2n) is 4.92. The molecule has 4 N–H and O–H groups in total. The average molecular weight is 326 g/mol. The zero-order valence-electron chi connectivity index (χ0n) is 12.3. The second-order valence-corrected chi connectivity index (χ2v) is 5.98. The molecule has 0 unspecified atom stereocenters. The summed E-state index contributed by atoms with van der Waals surface area (Å²) in [5.41, 5.74) is 8.02. The van der Waals surface area contributed by atoms with Gasteiger partial charge in [0.15, 0.2) is 0 Å². The fraction of sp³-hybridized carbons (Fsp3) is 0.0625. The van der Waals surface area contributed by atoms with E-state index in [9.17, 15) is 9.59 Å². The highest BCUT2D eigenvalue weighted by Crippen LogP contribution is 2.29. The maximum Gasteiger partial charge on any atom is 0.272 e. The number of para-hydroxylation sites is 1.